The van der Waals surface area contributed by atoms with Gasteiger partial charge in [-0.3, -0.25) is 9.59 Å². The van der Waals surface area contributed by atoms with Crippen LogP contribution in [0.15, 0.2) is 42.5 Å². The minimum Gasteiger partial charge on any atom is -0.486 e. The molecule has 0 aliphatic carbocycles. The number of amides is 2. The topological polar surface area (TPSA) is 67.9 Å². The predicted octanol–water partition coefficient (Wildman–Crippen LogP) is 3.87. The number of anilines is 1. The second-order valence-corrected chi connectivity index (χ2v) is 6.90. The van der Waals surface area contributed by atoms with Crippen molar-refractivity contribution in [2.75, 3.05) is 32.1 Å². The molecule has 0 radical (unpaired) electrons. The number of carbonyl (C=O) groups is 2. The van der Waals surface area contributed by atoms with E-state index in [1.807, 2.05) is 0 Å². The van der Waals surface area contributed by atoms with E-state index in [9.17, 15) is 9.59 Å². The molecule has 1 aliphatic heterocycles. The van der Waals surface area contributed by atoms with Crippen molar-refractivity contribution < 1.29 is 19.1 Å². The molecule has 0 saturated carbocycles. The lowest BCUT2D eigenvalue weighted by Gasteiger charge is -2.19. The summed E-state index contributed by atoms with van der Waals surface area (Å²) >= 11 is 12.2. The van der Waals surface area contributed by atoms with Crippen molar-refractivity contribution in [1.29, 1.82) is 0 Å². The number of hydrogen-bond donors (Lipinski definition) is 1. The van der Waals surface area contributed by atoms with Crippen molar-refractivity contribution >= 4 is 46.8 Å². The van der Waals surface area contributed by atoms with Gasteiger partial charge >= 0.3 is 0 Å². The first-order valence-corrected chi connectivity index (χ1v) is 9.26. The highest BCUT2D eigenvalue weighted by Gasteiger charge is 2.16. The average molecular weight is 421 g/mol. The van der Waals surface area contributed by atoms with Crippen LogP contribution in [-0.2, 0) is 9.59 Å². The highest BCUT2D eigenvalue weighted by molar-refractivity contribution is 6.33. The molecule has 2 aromatic rings. The standard InChI is InChI=1S/C20H18Cl2N2O4/c1-24(12-18(25)23-16-5-3-2-4-14(16)21)19(26)7-6-13-10-15(22)20-17(11-13)27-8-9-28-20/h2-7,10-11H,8-9,12H2,1H3,(H,23,25)/b7-6+. The zero-order valence-electron chi connectivity index (χ0n) is 15.1. The molecule has 0 bridgehead atoms. The molecule has 2 amide bonds. The Kier molecular flexibility index (Phi) is 6.44. The third kappa shape index (κ3) is 4.97. The van der Waals surface area contributed by atoms with Crippen LogP contribution in [-0.4, -0.2) is 43.5 Å². The van der Waals surface area contributed by atoms with E-state index in [0.29, 0.717) is 46.0 Å². The van der Waals surface area contributed by atoms with Crippen molar-refractivity contribution in [3.05, 3.63) is 58.1 Å². The summed E-state index contributed by atoms with van der Waals surface area (Å²) < 4.78 is 11.0. The number of fused-ring (bicyclic) bond motifs is 1. The van der Waals surface area contributed by atoms with Gasteiger partial charge in [0.25, 0.3) is 0 Å². The van der Waals surface area contributed by atoms with Gasteiger partial charge in [0.1, 0.15) is 13.2 Å². The summed E-state index contributed by atoms with van der Waals surface area (Å²) in [6, 6.07) is 10.3. The zero-order chi connectivity index (χ0) is 20.1. The molecule has 1 N–H and O–H groups in total. The molecule has 0 atom stereocenters. The first-order chi connectivity index (χ1) is 13.4. The first-order valence-electron chi connectivity index (χ1n) is 8.51. The summed E-state index contributed by atoms with van der Waals surface area (Å²) in [5.41, 5.74) is 1.19. The lowest BCUT2D eigenvalue weighted by Crippen LogP contribution is -2.33. The van der Waals surface area contributed by atoms with Crippen LogP contribution in [0.25, 0.3) is 6.08 Å². The molecule has 6 nitrogen and oxygen atoms in total. The third-order valence-electron chi connectivity index (χ3n) is 3.94. The van der Waals surface area contributed by atoms with Gasteiger partial charge in [-0.1, -0.05) is 35.3 Å². The number of benzene rings is 2. The second kappa shape index (κ2) is 8.99. The van der Waals surface area contributed by atoms with Gasteiger partial charge in [0.15, 0.2) is 11.5 Å². The van der Waals surface area contributed by atoms with E-state index >= 15 is 0 Å². The number of likely N-dealkylation sites (N-methyl/N-ethyl adjacent to an activating group) is 1. The molecule has 3 rings (SSSR count). The van der Waals surface area contributed by atoms with Crippen LogP contribution >= 0.6 is 23.2 Å². The van der Waals surface area contributed by atoms with Crippen molar-refractivity contribution in [2.24, 2.45) is 0 Å². The van der Waals surface area contributed by atoms with E-state index in [4.69, 9.17) is 32.7 Å². The first kappa shape index (κ1) is 20.0. The Morgan fingerprint density at radius 1 is 1.14 bits per heavy atom. The van der Waals surface area contributed by atoms with Crippen LogP contribution < -0.4 is 14.8 Å². The van der Waals surface area contributed by atoms with Crippen LogP contribution in [0.3, 0.4) is 0 Å². The number of hydrogen-bond acceptors (Lipinski definition) is 4. The number of carbonyl (C=O) groups excluding carboxylic acids is 2. The normalized spacial score (nSPS) is 12.7. The fourth-order valence-corrected chi connectivity index (χ4v) is 3.02. The Labute approximate surface area is 172 Å². The molecule has 28 heavy (non-hydrogen) atoms. The molecule has 0 saturated heterocycles. The van der Waals surface area contributed by atoms with Crippen LogP contribution in [0.4, 0.5) is 5.69 Å². The average Bonchev–Trinajstić information content (AvgIpc) is 2.68. The van der Waals surface area contributed by atoms with Crippen molar-refractivity contribution in [1.82, 2.24) is 4.90 Å². The van der Waals surface area contributed by atoms with Gasteiger partial charge in [0, 0.05) is 13.1 Å². The van der Waals surface area contributed by atoms with Crippen LogP contribution in [0.2, 0.25) is 10.0 Å². The summed E-state index contributed by atoms with van der Waals surface area (Å²) in [7, 11) is 1.54. The fraction of sp³-hybridized carbons (Fsp3) is 0.200. The molecule has 0 fully saturated rings. The fourth-order valence-electron chi connectivity index (χ4n) is 2.57. The van der Waals surface area contributed by atoms with E-state index in [1.165, 1.54) is 18.0 Å². The third-order valence-corrected chi connectivity index (χ3v) is 4.55. The van der Waals surface area contributed by atoms with Crippen molar-refractivity contribution in [3.8, 4) is 11.5 Å². The van der Waals surface area contributed by atoms with Crippen LogP contribution in [0.1, 0.15) is 5.56 Å². The van der Waals surface area contributed by atoms with Gasteiger partial charge in [0.05, 0.1) is 22.3 Å². The number of ether oxygens (including phenoxy) is 2. The highest BCUT2D eigenvalue weighted by Crippen LogP contribution is 2.38. The van der Waals surface area contributed by atoms with Crippen LogP contribution in [0.5, 0.6) is 11.5 Å². The molecule has 2 aromatic carbocycles. The Hall–Kier alpha value is -2.70. The molecule has 1 heterocycles. The smallest absolute Gasteiger partial charge is 0.246 e. The number of rotatable bonds is 5. The predicted molar refractivity (Wildman–Crippen MR) is 109 cm³/mol. The minimum atomic E-state index is -0.347. The van der Waals surface area contributed by atoms with Gasteiger partial charge in [-0.2, -0.15) is 0 Å². The van der Waals surface area contributed by atoms with Gasteiger partial charge in [0.2, 0.25) is 11.8 Å². The lowest BCUT2D eigenvalue weighted by molar-refractivity contribution is -0.129. The zero-order valence-corrected chi connectivity index (χ0v) is 16.6. The number of nitrogens with one attached hydrogen (secondary N) is 1. The van der Waals surface area contributed by atoms with Gasteiger partial charge in [-0.05, 0) is 35.9 Å². The largest absolute Gasteiger partial charge is 0.486 e. The van der Waals surface area contributed by atoms with E-state index in [0.717, 1.165) is 0 Å². The van der Waals surface area contributed by atoms with E-state index in [1.54, 1.807) is 42.5 Å². The van der Waals surface area contributed by atoms with Gasteiger partial charge in [-0.25, -0.2) is 0 Å². The Morgan fingerprint density at radius 3 is 2.68 bits per heavy atom. The number of halogens is 2. The molecule has 0 spiro atoms. The van der Waals surface area contributed by atoms with E-state index < -0.39 is 0 Å². The summed E-state index contributed by atoms with van der Waals surface area (Å²) in [5.74, 6) is 0.364. The van der Waals surface area contributed by atoms with Gasteiger partial charge < -0.3 is 19.7 Å². The molecule has 0 aromatic heterocycles. The van der Waals surface area contributed by atoms with Crippen LogP contribution in [0, 0.1) is 0 Å². The molecule has 0 unspecified atom stereocenters. The maximum Gasteiger partial charge on any atom is 0.246 e. The van der Waals surface area contributed by atoms with Crippen molar-refractivity contribution in [3.63, 3.8) is 0 Å². The van der Waals surface area contributed by atoms with Crippen molar-refractivity contribution in [2.45, 2.75) is 0 Å². The second-order valence-electron chi connectivity index (χ2n) is 6.08. The van der Waals surface area contributed by atoms with Gasteiger partial charge in [-0.15, -0.1) is 0 Å². The quantitative estimate of drug-likeness (QED) is 0.745. The molecular formula is C20H18Cl2N2O4. The molecular weight excluding hydrogens is 403 g/mol. The summed E-state index contributed by atoms with van der Waals surface area (Å²) in [6.07, 6.45) is 2.97. The SMILES string of the molecule is CN(CC(=O)Nc1ccccc1Cl)C(=O)/C=C/c1cc(Cl)c2c(c1)OCCO2. The van der Waals surface area contributed by atoms with E-state index in [-0.39, 0.29) is 18.4 Å². The number of nitrogens with zero attached hydrogens (tertiary/aromatic N) is 1. The molecule has 1 aliphatic rings. The minimum absolute atomic E-state index is 0.115. The maximum absolute atomic E-state index is 12.3. The van der Waals surface area contributed by atoms with E-state index in [2.05, 4.69) is 5.32 Å². The monoisotopic (exact) mass is 420 g/mol. The summed E-state index contributed by atoms with van der Waals surface area (Å²) in [6.45, 7) is 0.774. The summed E-state index contributed by atoms with van der Waals surface area (Å²) in [4.78, 5) is 25.7. The molecule has 146 valence electrons. The summed E-state index contributed by atoms with van der Waals surface area (Å²) in [5, 5.41) is 3.52. The maximum atomic E-state index is 12.3. The highest BCUT2D eigenvalue weighted by atomic mass is 35.5. The Balaban J connectivity index is 1.60. The Morgan fingerprint density at radius 2 is 1.89 bits per heavy atom. The lowest BCUT2D eigenvalue weighted by atomic mass is 10.1. The molecule has 8 heteroatoms. The number of para-hydroxylation sites is 1. The Bertz CT molecular complexity index is 930.